The summed E-state index contributed by atoms with van der Waals surface area (Å²) in [5.41, 5.74) is 1.27. The van der Waals surface area contributed by atoms with E-state index in [-0.39, 0.29) is 23.9 Å². The van der Waals surface area contributed by atoms with Crippen LogP contribution in [-0.4, -0.2) is 57.3 Å². The summed E-state index contributed by atoms with van der Waals surface area (Å²) in [4.78, 5) is 12.8. The van der Waals surface area contributed by atoms with Gasteiger partial charge in [0.25, 0.3) is 0 Å². The van der Waals surface area contributed by atoms with Crippen LogP contribution in [-0.2, 0) is 9.47 Å². The van der Waals surface area contributed by atoms with Crippen LogP contribution in [0.1, 0.15) is 26.3 Å². The number of nitrogens with one attached hydrogen (secondary N) is 1. The summed E-state index contributed by atoms with van der Waals surface area (Å²) in [6.45, 7) is 4.82. The molecule has 0 aliphatic heterocycles. The number of anilines is 1. The number of hydrogen-bond donors (Lipinski definition) is 2. The van der Waals surface area contributed by atoms with E-state index in [1.54, 1.807) is 13.4 Å². The Morgan fingerprint density at radius 3 is 2.67 bits per heavy atom. The van der Waals surface area contributed by atoms with E-state index in [1.807, 2.05) is 18.4 Å². The molecular weight excluding hydrogens is 334 g/mol. The summed E-state index contributed by atoms with van der Waals surface area (Å²) < 4.78 is 13.6. The average molecular weight is 356 g/mol. The highest BCUT2D eigenvalue weighted by molar-refractivity contribution is 6.28. The van der Waals surface area contributed by atoms with Crippen LogP contribution >= 0.6 is 11.6 Å². The van der Waals surface area contributed by atoms with Crippen LogP contribution in [0.3, 0.4) is 0 Å². The van der Waals surface area contributed by atoms with Gasteiger partial charge in [-0.05, 0) is 25.4 Å². The van der Waals surface area contributed by atoms with Crippen LogP contribution in [0.2, 0.25) is 5.28 Å². The van der Waals surface area contributed by atoms with Gasteiger partial charge in [-0.1, -0.05) is 0 Å². The minimum atomic E-state index is -0.762. The molecule has 8 nitrogen and oxygen atoms in total. The Labute approximate surface area is 145 Å². The van der Waals surface area contributed by atoms with E-state index >= 15 is 0 Å². The maximum Gasteiger partial charge on any atom is 0.226 e. The molecule has 0 spiro atoms. The summed E-state index contributed by atoms with van der Waals surface area (Å²) in [5, 5.41) is 13.0. The van der Waals surface area contributed by atoms with Gasteiger partial charge in [-0.2, -0.15) is 9.97 Å². The third kappa shape index (κ3) is 2.63. The second-order valence-electron chi connectivity index (χ2n) is 5.65. The molecule has 2 atom stereocenters. The summed E-state index contributed by atoms with van der Waals surface area (Å²) in [5.74, 6) is -0.395. The van der Waals surface area contributed by atoms with Gasteiger partial charge in [0.05, 0.1) is 24.9 Å². The summed E-state index contributed by atoms with van der Waals surface area (Å²) >= 11 is 6.02. The van der Waals surface area contributed by atoms with Crippen molar-refractivity contribution in [3.8, 4) is 0 Å². The first-order valence-electron chi connectivity index (χ1n) is 8.06. The molecule has 2 heterocycles. The van der Waals surface area contributed by atoms with Crippen LogP contribution in [0.5, 0.6) is 0 Å². The number of aliphatic hydroxyl groups is 1. The standard InChI is InChI=1S/C15H22ClN5O3/c1-4-23-15(24-5-2)6-10(9(15)7-22)21-8-18-11-12(17-3)19-14(16)20-13(11)21/h8-10,22H,4-7H2,1-3H3,(H,17,19,20)/t9-,10+/m1/s1. The molecule has 1 saturated carbocycles. The van der Waals surface area contributed by atoms with E-state index in [9.17, 15) is 5.11 Å². The average Bonchev–Trinajstić information content (AvgIpc) is 2.95. The molecule has 1 fully saturated rings. The molecule has 0 amide bonds. The predicted octanol–water partition coefficient (Wildman–Crippen LogP) is 1.84. The zero-order chi connectivity index (χ0) is 17.3. The molecule has 0 bridgehead atoms. The maximum absolute atomic E-state index is 9.91. The van der Waals surface area contributed by atoms with Crippen molar-refractivity contribution >= 4 is 28.6 Å². The number of fused-ring (bicyclic) bond motifs is 1. The molecule has 2 aromatic heterocycles. The number of aromatic nitrogens is 4. The fraction of sp³-hybridized carbons (Fsp3) is 0.667. The van der Waals surface area contributed by atoms with Gasteiger partial charge < -0.3 is 24.5 Å². The van der Waals surface area contributed by atoms with E-state index in [2.05, 4.69) is 20.3 Å². The number of nitrogens with zero attached hydrogens (tertiary/aromatic N) is 4. The van der Waals surface area contributed by atoms with Crippen molar-refractivity contribution in [3.63, 3.8) is 0 Å². The van der Waals surface area contributed by atoms with Gasteiger partial charge >= 0.3 is 0 Å². The van der Waals surface area contributed by atoms with Crippen molar-refractivity contribution in [2.24, 2.45) is 5.92 Å². The minimum absolute atomic E-state index is 0.0335. The Morgan fingerprint density at radius 2 is 2.08 bits per heavy atom. The number of aliphatic hydroxyl groups excluding tert-OH is 1. The lowest BCUT2D eigenvalue weighted by Gasteiger charge is -2.53. The lowest BCUT2D eigenvalue weighted by molar-refractivity contribution is -0.329. The fourth-order valence-electron chi connectivity index (χ4n) is 3.44. The van der Waals surface area contributed by atoms with E-state index in [0.717, 1.165) is 0 Å². The van der Waals surface area contributed by atoms with Crippen LogP contribution in [0.4, 0.5) is 5.82 Å². The van der Waals surface area contributed by atoms with Gasteiger partial charge in [-0.3, -0.25) is 0 Å². The van der Waals surface area contributed by atoms with Gasteiger partial charge in [0.2, 0.25) is 5.28 Å². The van der Waals surface area contributed by atoms with Crippen LogP contribution < -0.4 is 5.32 Å². The van der Waals surface area contributed by atoms with Crippen LogP contribution in [0.15, 0.2) is 6.33 Å². The molecule has 24 heavy (non-hydrogen) atoms. The van der Waals surface area contributed by atoms with E-state index in [4.69, 9.17) is 21.1 Å². The smallest absolute Gasteiger partial charge is 0.226 e. The molecule has 1 aliphatic rings. The zero-order valence-corrected chi connectivity index (χ0v) is 14.7. The van der Waals surface area contributed by atoms with Gasteiger partial charge in [-0.25, -0.2) is 4.98 Å². The molecule has 132 valence electrons. The fourth-order valence-corrected chi connectivity index (χ4v) is 3.60. The minimum Gasteiger partial charge on any atom is -0.396 e. The molecule has 2 aromatic rings. The summed E-state index contributed by atoms with van der Waals surface area (Å²) in [7, 11) is 1.76. The topological polar surface area (TPSA) is 94.3 Å². The number of imidazole rings is 1. The van der Waals surface area contributed by atoms with Crippen LogP contribution in [0.25, 0.3) is 11.2 Å². The molecule has 1 aliphatic carbocycles. The van der Waals surface area contributed by atoms with Gasteiger partial charge in [-0.15, -0.1) is 0 Å². The van der Waals surface area contributed by atoms with Crippen molar-refractivity contribution in [2.75, 3.05) is 32.2 Å². The largest absolute Gasteiger partial charge is 0.396 e. The van der Waals surface area contributed by atoms with Gasteiger partial charge in [0.15, 0.2) is 22.8 Å². The van der Waals surface area contributed by atoms with Crippen molar-refractivity contribution in [3.05, 3.63) is 11.6 Å². The first kappa shape index (κ1) is 17.3. The molecule has 2 N–H and O–H groups in total. The number of rotatable bonds is 7. The molecule has 0 radical (unpaired) electrons. The number of halogens is 1. The van der Waals surface area contributed by atoms with E-state index in [0.29, 0.717) is 36.6 Å². The second kappa shape index (κ2) is 6.79. The van der Waals surface area contributed by atoms with Gasteiger partial charge in [0, 0.05) is 26.7 Å². The van der Waals surface area contributed by atoms with E-state index < -0.39 is 5.79 Å². The molecular formula is C15H22ClN5O3. The molecule has 9 heteroatoms. The summed E-state index contributed by atoms with van der Waals surface area (Å²) in [6, 6.07) is -0.0335. The third-order valence-corrected chi connectivity index (χ3v) is 4.65. The Balaban J connectivity index is 1.98. The number of hydrogen-bond acceptors (Lipinski definition) is 7. The highest BCUT2D eigenvalue weighted by Gasteiger charge is 2.57. The number of ether oxygens (including phenoxy) is 2. The Bertz CT molecular complexity index is 716. The quantitative estimate of drug-likeness (QED) is 0.578. The zero-order valence-electron chi connectivity index (χ0n) is 14.0. The third-order valence-electron chi connectivity index (χ3n) is 4.49. The Morgan fingerprint density at radius 1 is 1.38 bits per heavy atom. The SMILES string of the molecule is CCOC1(OCC)C[C@H](n2cnc3c(NC)nc(Cl)nc32)[C@H]1CO. The highest BCUT2D eigenvalue weighted by atomic mass is 35.5. The molecule has 0 unspecified atom stereocenters. The van der Waals surface area contributed by atoms with Crippen molar-refractivity contribution in [1.82, 2.24) is 19.5 Å². The maximum atomic E-state index is 9.91. The Kier molecular flexibility index (Phi) is 4.91. The van der Waals surface area contributed by atoms with Crippen molar-refractivity contribution in [2.45, 2.75) is 32.1 Å². The molecule has 0 saturated heterocycles. The molecule has 3 rings (SSSR count). The lowest BCUT2D eigenvalue weighted by atomic mass is 9.72. The summed E-state index contributed by atoms with van der Waals surface area (Å²) in [6.07, 6.45) is 2.31. The normalized spacial score (nSPS) is 22.5. The van der Waals surface area contributed by atoms with Crippen molar-refractivity contribution < 1.29 is 14.6 Å². The Hall–Kier alpha value is -1.48. The highest BCUT2D eigenvalue weighted by Crippen LogP contribution is 2.51. The predicted molar refractivity (Wildman–Crippen MR) is 90.1 cm³/mol. The molecule has 0 aromatic carbocycles. The van der Waals surface area contributed by atoms with Crippen molar-refractivity contribution in [1.29, 1.82) is 0 Å². The monoisotopic (exact) mass is 355 g/mol. The first-order chi connectivity index (χ1) is 11.6. The first-order valence-corrected chi connectivity index (χ1v) is 8.44. The lowest BCUT2D eigenvalue weighted by Crippen LogP contribution is -2.59. The van der Waals surface area contributed by atoms with E-state index in [1.165, 1.54) is 0 Å². The second-order valence-corrected chi connectivity index (χ2v) is 5.99. The van der Waals surface area contributed by atoms with Crippen LogP contribution in [0, 0.1) is 5.92 Å². The van der Waals surface area contributed by atoms with Gasteiger partial charge in [0.1, 0.15) is 0 Å².